The number of rotatable bonds is 1. The van der Waals surface area contributed by atoms with Crippen LogP contribution >= 0.6 is 0 Å². The van der Waals surface area contributed by atoms with E-state index in [0.29, 0.717) is 0 Å². The van der Waals surface area contributed by atoms with Crippen molar-refractivity contribution in [3.05, 3.63) is 41.0 Å². The summed E-state index contributed by atoms with van der Waals surface area (Å²) >= 11 is 0. The summed E-state index contributed by atoms with van der Waals surface area (Å²) in [6, 6.07) is 3.56. The first-order chi connectivity index (χ1) is 6.50. The second-order valence-electron chi connectivity index (χ2n) is 2.30. The fourth-order valence-electron chi connectivity index (χ4n) is 0.915. The van der Waals surface area contributed by atoms with Crippen molar-refractivity contribution >= 4 is 21.5 Å². The molecule has 0 spiro atoms. The maximum atomic E-state index is 10.7. The number of benzene rings is 1. The van der Waals surface area contributed by atoms with Crippen LogP contribution < -0.4 is 51.4 Å². The van der Waals surface area contributed by atoms with E-state index in [1.807, 2.05) is 0 Å². The molecule has 0 aromatic heterocycles. The van der Waals surface area contributed by atoms with E-state index in [9.17, 15) is 13.0 Å². The molecule has 0 saturated carbocycles. The molecule has 1 aromatic carbocycles. The van der Waals surface area contributed by atoms with E-state index in [2.05, 4.69) is 9.69 Å². The predicted molar refractivity (Wildman–Crippen MR) is 46.9 cm³/mol. The van der Waals surface area contributed by atoms with Crippen LogP contribution in [-0.2, 0) is 10.1 Å². The van der Waals surface area contributed by atoms with Crippen LogP contribution in [0.4, 0.5) is 11.4 Å². The zero-order chi connectivity index (χ0) is 10.8. The van der Waals surface area contributed by atoms with Gasteiger partial charge >= 0.3 is 51.4 Å². The van der Waals surface area contributed by atoms with Gasteiger partial charge in [-0.3, -0.25) is 4.85 Å². The van der Waals surface area contributed by atoms with Crippen LogP contribution in [0.1, 0.15) is 0 Å². The van der Waals surface area contributed by atoms with Gasteiger partial charge in [0, 0.05) is 4.90 Å². The Morgan fingerprint density at radius 3 is 2.20 bits per heavy atom. The summed E-state index contributed by atoms with van der Waals surface area (Å²) in [5, 5.41) is 0. The Balaban J connectivity index is 0.00000196. The van der Waals surface area contributed by atoms with Crippen LogP contribution in [-0.4, -0.2) is 13.0 Å². The van der Waals surface area contributed by atoms with E-state index in [0.717, 1.165) is 6.07 Å². The SMILES string of the molecule is [C-]#[N+]c1cccc(S(=O)(=O)[O-])c1[N+]#[C-].[K+]. The number of hydrogen-bond donors (Lipinski definition) is 0. The van der Waals surface area contributed by atoms with Crippen LogP contribution in [0.2, 0.25) is 0 Å². The average Bonchev–Trinajstić information content (AvgIpc) is 2.15. The molecule has 5 nitrogen and oxygen atoms in total. The largest absolute Gasteiger partial charge is 1.00 e. The van der Waals surface area contributed by atoms with Gasteiger partial charge in [-0.1, -0.05) is 18.2 Å². The number of nitrogens with zero attached hydrogens (tertiary/aromatic N) is 2. The zero-order valence-corrected chi connectivity index (χ0v) is 11.7. The van der Waals surface area contributed by atoms with Gasteiger partial charge in [0.1, 0.15) is 10.1 Å². The first-order valence-corrected chi connectivity index (χ1v) is 4.75. The van der Waals surface area contributed by atoms with Gasteiger partial charge in [0.15, 0.2) is 5.69 Å². The first-order valence-electron chi connectivity index (χ1n) is 3.34. The molecule has 0 aliphatic heterocycles. The molecular weight excluding hydrogens is 243 g/mol. The maximum Gasteiger partial charge on any atom is 1.00 e. The summed E-state index contributed by atoms with van der Waals surface area (Å²) in [7, 11) is -4.69. The van der Waals surface area contributed by atoms with Crippen molar-refractivity contribution in [3.8, 4) is 0 Å². The van der Waals surface area contributed by atoms with Crippen LogP contribution in [0.25, 0.3) is 9.69 Å². The van der Waals surface area contributed by atoms with Crippen LogP contribution in [0.15, 0.2) is 23.1 Å². The molecule has 1 rings (SSSR count). The smallest absolute Gasteiger partial charge is 0.745 e. The van der Waals surface area contributed by atoms with Crippen LogP contribution in [0.3, 0.4) is 0 Å². The van der Waals surface area contributed by atoms with Crippen molar-refractivity contribution < 1.29 is 64.4 Å². The molecule has 0 saturated heterocycles. The number of hydrogen-bond acceptors (Lipinski definition) is 3. The second-order valence-corrected chi connectivity index (χ2v) is 3.65. The summed E-state index contributed by atoms with van der Waals surface area (Å²) in [5.41, 5.74) is -0.533. The standard InChI is InChI=1S/C8H4N2O3S.K/c1-9-6-4-3-5-7(8(6)10-2)14(11,12)13;/h3-5H,(H,11,12,13);/q;+1/p-1. The Kier molecular flexibility index (Phi) is 5.63. The van der Waals surface area contributed by atoms with Gasteiger partial charge in [0.2, 0.25) is 5.69 Å². The zero-order valence-electron chi connectivity index (χ0n) is 7.76. The molecule has 0 unspecified atom stereocenters. The molecule has 15 heavy (non-hydrogen) atoms. The van der Waals surface area contributed by atoms with Crippen molar-refractivity contribution in [1.82, 2.24) is 0 Å². The summed E-state index contributed by atoms with van der Waals surface area (Å²) < 4.78 is 32.0. The molecule has 0 bridgehead atoms. The van der Waals surface area contributed by atoms with Crippen molar-refractivity contribution in [2.24, 2.45) is 0 Å². The van der Waals surface area contributed by atoms with Gasteiger partial charge in [-0.05, 0) is 0 Å². The Bertz CT molecular complexity index is 554. The Morgan fingerprint density at radius 2 is 1.80 bits per heavy atom. The van der Waals surface area contributed by atoms with Gasteiger partial charge in [0.05, 0.1) is 13.1 Å². The summed E-state index contributed by atoms with van der Waals surface area (Å²) in [4.78, 5) is 5.18. The van der Waals surface area contributed by atoms with E-state index < -0.39 is 20.7 Å². The van der Waals surface area contributed by atoms with E-state index in [-0.39, 0.29) is 57.1 Å². The van der Waals surface area contributed by atoms with E-state index >= 15 is 0 Å². The van der Waals surface area contributed by atoms with Gasteiger partial charge in [0.25, 0.3) is 0 Å². The molecule has 7 heteroatoms. The maximum absolute atomic E-state index is 10.7. The van der Waals surface area contributed by atoms with E-state index in [1.165, 1.54) is 12.1 Å². The van der Waals surface area contributed by atoms with Gasteiger partial charge in [-0.15, -0.1) is 0 Å². The molecule has 0 N–H and O–H groups in total. The van der Waals surface area contributed by atoms with Crippen molar-refractivity contribution in [3.63, 3.8) is 0 Å². The first kappa shape index (κ1) is 14.7. The third-order valence-electron chi connectivity index (χ3n) is 1.48. The van der Waals surface area contributed by atoms with Crippen molar-refractivity contribution in [2.45, 2.75) is 4.90 Å². The Labute approximate surface area is 130 Å². The van der Waals surface area contributed by atoms with Crippen LogP contribution in [0.5, 0.6) is 0 Å². The fraction of sp³-hybridized carbons (Fsp3) is 0. The molecular formula is C8H3KN2O3S. The van der Waals surface area contributed by atoms with Gasteiger partial charge in [-0.25, -0.2) is 13.3 Å². The van der Waals surface area contributed by atoms with E-state index in [4.69, 9.17) is 13.1 Å². The molecule has 70 valence electrons. The second kappa shape index (κ2) is 5.73. The normalized spacial score (nSPS) is 9.53. The number of para-hydroxylation sites is 1. The van der Waals surface area contributed by atoms with Crippen molar-refractivity contribution in [2.75, 3.05) is 0 Å². The fourth-order valence-corrected chi connectivity index (χ4v) is 1.55. The monoisotopic (exact) mass is 246 g/mol. The molecule has 1 aromatic rings. The molecule has 0 aliphatic carbocycles. The molecule has 0 radical (unpaired) electrons. The molecule has 0 atom stereocenters. The summed E-state index contributed by atoms with van der Waals surface area (Å²) in [5.74, 6) is 0. The molecule has 0 aliphatic rings. The molecule has 0 amide bonds. The molecule has 0 fully saturated rings. The third kappa shape index (κ3) is 3.36. The Hall–Kier alpha value is -0.254. The minimum absolute atomic E-state index is 0. The van der Waals surface area contributed by atoms with Crippen molar-refractivity contribution in [1.29, 1.82) is 0 Å². The summed E-state index contributed by atoms with van der Waals surface area (Å²) in [6.45, 7) is 13.4. The molecule has 0 heterocycles. The van der Waals surface area contributed by atoms with E-state index in [1.54, 1.807) is 0 Å². The van der Waals surface area contributed by atoms with Gasteiger partial charge in [-0.2, -0.15) is 0 Å². The quantitative estimate of drug-likeness (QED) is 0.351. The third-order valence-corrected chi connectivity index (χ3v) is 2.35. The van der Waals surface area contributed by atoms with Crippen LogP contribution in [0, 0.1) is 13.1 Å². The predicted octanol–water partition coefficient (Wildman–Crippen LogP) is -1.30. The minimum atomic E-state index is -4.69. The topological polar surface area (TPSA) is 65.9 Å². The van der Waals surface area contributed by atoms with Gasteiger partial charge < -0.3 is 4.55 Å². The Morgan fingerprint density at radius 1 is 1.20 bits per heavy atom. The average molecular weight is 246 g/mol. The summed E-state index contributed by atoms with van der Waals surface area (Å²) in [6.07, 6.45) is 0. The minimum Gasteiger partial charge on any atom is -0.745 e.